The van der Waals surface area contributed by atoms with E-state index in [2.05, 4.69) is 50.8 Å². The van der Waals surface area contributed by atoms with Crippen LogP contribution in [0.5, 0.6) is 0 Å². The van der Waals surface area contributed by atoms with Gasteiger partial charge in [-0.25, -0.2) is 4.68 Å². The third-order valence-electron chi connectivity index (χ3n) is 3.91. The minimum Gasteiger partial charge on any atom is -0.369 e. The molecule has 0 saturated heterocycles. The number of hydrogen-bond donors (Lipinski definition) is 1. The summed E-state index contributed by atoms with van der Waals surface area (Å²) >= 11 is 3.72. The summed E-state index contributed by atoms with van der Waals surface area (Å²) in [4.78, 5) is 4.51. The minimum absolute atomic E-state index is 0.228. The van der Waals surface area contributed by atoms with Gasteiger partial charge in [0, 0.05) is 12.7 Å². The molecule has 0 spiro atoms. The number of halogens is 1. The zero-order valence-electron chi connectivity index (χ0n) is 12.5. The van der Waals surface area contributed by atoms with Gasteiger partial charge < -0.3 is 5.32 Å². The van der Waals surface area contributed by atoms with Crippen LogP contribution in [0.15, 0.2) is 28.9 Å². The molecule has 112 valence electrons. The number of anilines is 1. The zero-order chi connectivity index (χ0) is 14.8. The van der Waals surface area contributed by atoms with E-state index in [4.69, 9.17) is 5.10 Å². The van der Waals surface area contributed by atoms with Crippen LogP contribution in [0.1, 0.15) is 44.1 Å². The molecule has 0 bridgehead atoms. The number of aromatic nitrogens is 3. The number of nitrogens with one attached hydrogen (secondary N) is 1. The Morgan fingerprint density at radius 3 is 3.00 bits per heavy atom. The average Bonchev–Trinajstić information content (AvgIpc) is 2.83. The van der Waals surface area contributed by atoms with E-state index in [-0.39, 0.29) is 6.04 Å². The summed E-state index contributed by atoms with van der Waals surface area (Å²) in [6.07, 6.45) is 5.04. The highest BCUT2D eigenvalue weighted by Gasteiger charge is 2.27. The Balaban J connectivity index is 1.93. The van der Waals surface area contributed by atoms with Crippen LogP contribution in [0.3, 0.4) is 0 Å². The van der Waals surface area contributed by atoms with E-state index in [9.17, 15) is 0 Å². The maximum atomic E-state index is 4.85. The Bertz CT molecular complexity index is 606. The number of hydrogen-bond acceptors (Lipinski definition) is 3. The second-order valence-corrected chi connectivity index (χ2v) is 6.77. The molecule has 0 amide bonds. The fourth-order valence-electron chi connectivity index (χ4n) is 2.73. The van der Waals surface area contributed by atoms with Crippen molar-refractivity contribution in [3.8, 4) is 0 Å². The van der Waals surface area contributed by atoms with E-state index >= 15 is 0 Å². The van der Waals surface area contributed by atoms with Crippen LogP contribution in [-0.2, 0) is 6.42 Å². The molecule has 1 unspecified atom stereocenters. The number of fused-ring (bicyclic) bond motifs is 1. The van der Waals surface area contributed by atoms with Crippen molar-refractivity contribution in [1.29, 1.82) is 0 Å². The number of aryl methyl sites for hydroxylation is 1. The van der Waals surface area contributed by atoms with Crippen LogP contribution in [0, 0.1) is 5.92 Å². The first-order valence-electron chi connectivity index (χ1n) is 7.58. The van der Waals surface area contributed by atoms with E-state index in [1.807, 2.05) is 18.3 Å². The molecule has 2 aromatic heterocycles. The first-order chi connectivity index (χ1) is 10.2. The molecule has 0 aliphatic carbocycles. The third-order valence-corrected chi connectivity index (χ3v) is 4.75. The number of rotatable bonds is 4. The van der Waals surface area contributed by atoms with Gasteiger partial charge in [-0.05, 0) is 53.2 Å². The molecule has 4 nitrogen and oxygen atoms in total. The summed E-state index contributed by atoms with van der Waals surface area (Å²) in [5.41, 5.74) is 2.24. The molecule has 1 aliphatic rings. The number of nitrogens with zero attached hydrogens (tertiary/aromatic N) is 3. The van der Waals surface area contributed by atoms with E-state index in [0.29, 0.717) is 5.92 Å². The molecule has 0 aromatic carbocycles. The molecule has 0 fully saturated rings. The van der Waals surface area contributed by atoms with Gasteiger partial charge in [0.2, 0.25) is 0 Å². The average molecular weight is 349 g/mol. The van der Waals surface area contributed by atoms with Crippen LogP contribution in [0.25, 0.3) is 0 Å². The topological polar surface area (TPSA) is 42.7 Å². The van der Waals surface area contributed by atoms with Crippen molar-refractivity contribution < 1.29 is 0 Å². The second kappa shape index (κ2) is 6.18. The number of pyridine rings is 1. The van der Waals surface area contributed by atoms with Crippen molar-refractivity contribution in [3.63, 3.8) is 0 Å². The van der Waals surface area contributed by atoms with Crippen molar-refractivity contribution in [3.05, 3.63) is 40.3 Å². The fourth-order valence-corrected chi connectivity index (χ4v) is 3.33. The predicted octanol–water partition coefficient (Wildman–Crippen LogP) is 4.03. The Morgan fingerprint density at radius 2 is 2.29 bits per heavy atom. The van der Waals surface area contributed by atoms with Crippen molar-refractivity contribution in [2.24, 2.45) is 5.92 Å². The molecule has 21 heavy (non-hydrogen) atoms. The van der Waals surface area contributed by atoms with Crippen molar-refractivity contribution in [1.82, 2.24) is 14.8 Å². The minimum atomic E-state index is 0.228. The first-order valence-corrected chi connectivity index (χ1v) is 8.37. The van der Waals surface area contributed by atoms with Crippen LogP contribution in [0.2, 0.25) is 0 Å². The van der Waals surface area contributed by atoms with Crippen molar-refractivity contribution in [2.75, 3.05) is 11.9 Å². The van der Waals surface area contributed by atoms with Gasteiger partial charge in [0.25, 0.3) is 0 Å². The van der Waals surface area contributed by atoms with Gasteiger partial charge in [-0.15, -0.1) is 0 Å². The molecule has 1 N–H and O–H groups in total. The molecule has 1 aliphatic heterocycles. The fraction of sp³-hybridized carbons (Fsp3) is 0.500. The Morgan fingerprint density at radius 1 is 1.43 bits per heavy atom. The summed E-state index contributed by atoms with van der Waals surface area (Å²) in [6, 6.07) is 6.32. The smallest absolute Gasteiger partial charge is 0.139 e. The van der Waals surface area contributed by atoms with Crippen LogP contribution < -0.4 is 5.32 Å². The van der Waals surface area contributed by atoms with Crippen molar-refractivity contribution in [2.45, 2.75) is 39.2 Å². The lowest BCUT2D eigenvalue weighted by Gasteiger charge is -2.25. The molecule has 3 heterocycles. The lowest BCUT2D eigenvalue weighted by Crippen LogP contribution is -2.25. The maximum absolute atomic E-state index is 4.85. The van der Waals surface area contributed by atoms with Gasteiger partial charge in [-0.2, -0.15) is 5.10 Å². The maximum Gasteiger partial charge on any atom is 0.139 e. The Hall–Kier alpha value is -1.36. The summed E-state index contributed by atoms with van der Waals surface area (Å²) in [6.45, 7) is 5.45. The van der Waals surface area contributed by atoms with Gasteiger partial charge in [-0.3, -0.25) is 4.98 Å². The molecule has 0 saturated carbocycles. The summed E-state index contributed by atoms with van der Waals surface area (Å²) in [5.74, 6) is 1.78. The molecule has 3 rings (SSSR count). The zero-order valence-corrected chi connectivity index (χ0v) is 14.1. The normalized spacial score (nSPS) is 17.6. The summed E-state index contributed by atoms with van der Waals surface area (Å²) in [7, 11) is 0. The SMILES string of the molecule is CC(C)CCc1nn2c(c1Br)NCCC2c1ccccn1. The molecule has 0 radical (unpaired) electrons. The highest BCUT2D eigenvalue weighted by Crippen LogP contribution is 2.36. The standard InChI is InChI=1S/C16H21BrN4/c1-11(2)6-7-13-15(17)16-19-10-8-14(21(16)20-13)12-5-3-4-9-18-12/h3-5,9,11,14,19H,6-8,10H2,1-2H3. The summed E-state index contributed by atoms with van der Waals surface area (Å²) < 4.78 is 3.22. The highest BCUT2D eigenvalue weighted by atomic mass is 79.9. The Labute approximate surface area is 134 Å². The largest absolute Gasteiger partial charge is 0.369 e. The quantitative estimate of drug-likeness (QED) is 0.906. The molecule has 5 heteroatoms. The lowest BCUT2D eigenvalue weighted by atomic mass is 10.1. The van der Waals surface area contributed by atoms with Gasteiger partial charge >= 0.3 is 0 Å². The van der Waals surface area contributed by atoms with Crippen LogP contribution >= 0.6 is 15.9 Å². The monoisotopic (exact) mass is 348 g/mol. The molecule has 2 aromatic rings. The van der Waals surface area contributed by atoms with E-state index in [1.54, 1.807) is 0 Å². The summed E-state index contributed by atoms with van der Waals surface area (Å²) in [5, 5.41) is 8.31. The molecule has 1 atom stereocenters. The van der Waals surface area contributed by atoms with E-state index in [1.165, 1.54) is 0 Å². The van der Waals surface area contributed by atoms with Gasteiger partial charge in [-0.1, -0.05) is 19.9 Å². The highest BCUT2D eigenvalue weighted by molar-refractivity contribution is 9.10. The van der Waals surface area contributed by atoms with Crippen LogP contribution in [-0.4, -0.2) is 21.3 Å². The lowest BCUT2D eigenvalue weighted by molar-refractivity contribution is 0.465. The van der Waals surface area contributed by atoms with Crippen molar-refractivity contribution >= 4 is 21.7 Å². The van der Waals surface area contributed by atoms with E-state index < -0.39 is 0 Å². The molecular weight excluding hydrogens is 328 g/mol. The van der Waals surface area contributed by atoms with Gasteiger partial charge in [0.05, 0.1) is 21.9 Å². The second-order valence-electron chi connectivity index (χ2n) is 5.97. The predicted molar refractivity (Wildman–Crippen MR) is 88.6 cm³/mol. The van der Waals surface area contributed by atoms with E-state index in [0.717, 1.165) is 47.5 Å². The van der Waals surface area contributed by atoms with Gasteiger partial charge in [0.15, 0.2) is 0 Å². The Kier molecular flexibility index (Phi) is 4.29. The molecular formula is C16H21BrN4. The first kappa shape index (κ1) is 14.6. The van der Waals surface area contributed by atoms with Gasteiger partial charge in [0.1, 0.15) is 5.82 Å². The van der Waals surface area contributed by atoms with Crippen LogP contribution in [0.4, 0.5) is 5.82 Å². The third kappa shape index (κ3) is 2.98.